The van der Waals surface area contributed by atoms with Crippen LogP contribution in [0.1, 0.15) is 18.4 Å². The normalized spacial score (nSPS) is 10.2. The van der Waals surface area contributed by atoms with Crippen LogP contribution in [0.5, 0.6) is 11.8 Å². The molecule has 0 saturated heterocycles. The number of carbonyl (C=O) groups is 2. The molecule has 0 radical (unpaired) electrons. The summed E-state index contributed by atoms with van der Waals surface area (Å²) in [5.41, 5.74) is 1.72. The summed E-state index contributed by atoms with van der Waals surface area (Å²) in [7, 11) is 0. The Hall–Kier alpha value is -2.96. The standard InChI is InChI=1S/C15H16N2O5/c1-10-2-4-11(5-3-10)16-12(18)6-9-15(21)22-17-13(19)7-8-14(17)20/h2-5,7-8,19-20H,6,9H2,1H3,(H,16,18). The Labute approximate surface area is 126 Å². The second kappa shape index (κ2) is 6.66. The minimum absolute atomic E-state index is 0.0739. The number of anilines is 1. The minimum Gasteiger partial charge on any atom is -0.492 e. The van der Waals surface area contributed by atoms with Gasteiger partial charge in [-0.3, -0.25) is 4.79 Å². The van der Waals surface area contributed by atoms with E-state index in [2.05, 4.69) is 5.32 Å². The molecule has 22 heavy (non-hydrogen) atoms. The zero-order chi connectivity index (χ0) is 16.1. The molecule has 0 unspecified atom stereocenters. The zero-order valence-electron chi connectivity index (χ0n) is 11.9. The number of amides is 1. The van der Waals surface area contributed by atoms with Crippen LogP contribution in [0.25, 0.3) is 0 Å². The largest absolute Gasteiger partial charge is 0.492 e. The zero-order valence-corrected chi connectivity index (χ0v) is 11.9. The topological polar surface area (TPSA) is 101 Å². The molecule has 0 aliphatic heterocycles. The molecule has 1 aromatic heterocycles. The van der Waals surface area contributed by atoms with Gasteiger partial charge in [0.2, 0.25) is 17.7 Å². The first-order chi connectivity index (χ1) is 10.5. The molecule has 0 spiro atoms. The molecule has 0 fully saturated rings. The second-order valence-electron chi connectivity index (χ2n) is 4.72. The monoisotopic (exact) mass is 304 g/mol. The van der Waals surface area contributed by atoms with Crippen LogP contribution in [0.3, 0.4) is 0 Å². The lowest BCUT2D eigenvalue weighted by atomic mass is 10.2. The van der Waals surface area contributed by atoms with E-state index in [1.807, 2.05) is 19.1 Å². The van der Waals surface area contributed by atoms with Crippen molar-refractivity contribution in [2.24, 2.45) is 0 Å². The van der Waals surface area contributed by atoms with Gasteiger partial charge in [0.05, 0.1) is 6.42 Å². The molecule has 1 aromatic carbocycles. The maximum atomic E-state index is 11.7. The Kier molecular flexibility index (Phi) is 4.67. The predicted octanol–water partition coefficient (Wildman–Crippen LogP) is 1.58. The quantitative estimate of drug-likeness (QED) is 0.778. The van der Waals surface area contributed by atoms with E-state index in [4.69, 9.17) is 4.84 Å². The van der Waals surface area contributed by atoms with Crippen LogP contribution in [-0.4, -0.2) is 26.8 Å². The minimum atomic E-state index is -0.749. The molecule has 0 saturated carbocycles. The van der Waals surface area contributed by atoms with Gasteiger partial charge in [0.15, 0.2) is 0 Å². The summed E-state index contributed by atoms with van der Waals surface area (Å²) < 4.78 is 0.584. The lowest BCUT2D eigenvalue weighted by molar-refractivity contribution is -0.146. The Morgan fingerprint density at radius 3 is 2.23 bits per heavy atom. The van der Waals surface area contributed by atoms with Gasteiger partial charge in [-0.05, 0) is 19.1 Å². The fourth-order valence-electron chi connectivity index (χ4n) is 1.72. The number of aromatic hydroxyl groups is 2. The van der Waals surface area contributed by atoms with Gasteiger partial charge in [-0.15, -0.1) is 4.73 Å². The van der Waals surface area contributed by atoms with Gasteiger partial charge in [-0.25, -0.2) is 4.79 Å². The maximum Gasteiger partial charge on any atom is 0.333 e. The number of aromatic nitrogens is 1. The highest BCUT2D eigenvalue weighted by molar-refractivity contribution is 5.92. The molecule has 2 aromatic rings. The van der Waals surface area contributed by atoms with Gasteiger partial charge >= 0.3 is 5.97 Å². The summed E-state index contributed by atoms with van der Waals surface area (Å²) in [6.45, 7) is 1.94. The van der Waals surface area contributed by atoms with Crippen LogP contribution >= 0.6 is 0 Å². The number of benzene rings is 1. The van der Waals surface area contributed by atoms with Crippen LogP contribution < -0.4 is 10.2 Å². The van der Waals surface area contributed by atoms with Crippen LogP contribution in [0.15, 0.2) is 36.4 Å². The summed E-state index contributed by atoms with van der Waals surface area (Å²) in [6.07, 6.45) is -0.260. The molecule has 3 N–H and O–H groups in total. The predicted molar refractivity (Wildman–Crippen MR) is 78.4 cm³/mol. The number of nitrogens with one attached hydrogen (secondary N) is 1. The molecule has 0 bridgehead atoms. The average Bonchev–Trinajstić information content (AvgIpc) is 2.79. The molecule has 7 heteroatoms. The number of carbonyl (C=O) groups excluding carboxylic acids is 2. The smallest absolute Gasteiger partial charge is 0.333 e. The number of aryl methyl sites for hydroxylation is 1. The van der Waals surface area contributed by atoms with Gasteiger partial charge in [0.25, 0.3) is 0 Å². The highest BCUT2D eigenvalue weighted by Gasteiger charge is 2.13. The first kappa shape index (κ1) is 15.4. The van der Waals surface area contributed by atoms with Crippen molar-refractivity contribution in [3.63, 3.8) is 0 Å². The lowest BCUT2D eigenvalue weighted by Crippen LogP contribution is -2.21. The molecule has 1 heterocycles. The van der Waals surface area contributed by atoms with Crippen molar-refractivity contribution in [1.82, 2.24) is 4.73 Å². The van der Waals surface area contributed by atoms with Crippen molar-refractivity contribution >= 4 is 17.6 Å². The fraction of sp³-hybridized carbons (Fsp3) is 0.200. The van der Waals surface area contributed by atoms with Gasteiger partial charge in [0, 0.05) is 24.2 Å². The molecule has 0 aliphatic carbocycles. The highest BCUT2D eigenvalue weighted by atomic mass is 16.7. The van der Waals surface area contributed by atoms with Crippen molar-refractivity contribution in [2.75, 3.05) is 5.32 Å². The summed E-state index contributed by atoms with van der Waals surface area (Å²) >= 11 is 0. The number of rotatable bonds is 5. The number of nitrogens with zero attached hydrogens (tertiary/aromatic N) is 1. The van der Waals surface area contributed by atoms with Crippen LogP contribution in [0, 0.1) is 6.92 Å². The summed E-state index contributed by atoms with van der Waals surface area (Å²) in [6, 6.07) is 9.60. The van der Waals surface area contributed by atoms with E-state index in [1.165, 1.54) is 12.1 Å². The van der Waals surface area contributed by atoms with E-state index < -0.39 is 17.7 Å². The number of hydrogen-bond acceptors (Lipinski definition) is 5. The van der Waals surface area contributed by atoms with E-state index in [0.717, 1.165) is 5.56 Å². The van der Waals surface area contributed by atoms with Crippen LogP contribution in [0.2, 0.25) is 0 Å². The van der Waals surface area contributed by atoms with Gasteiger partial charge in [-0.1, -0.05) is 17.7 Å². The molecule has 0 aliphatic rings. The van der Waals surface area contributed by atoms with Crippen LogP contribution in [0.4, 0.5) is 5.69 Å². The average molecular weight is 304 g/mol. The molecule has 2 rings (SSSR count). The summed E-state index contributed by atoms with van der Waals surface area (Å²) in [5, 5.41) is 21.3. The summed E-state index contributed by atoms with van der Waals surface area (Å²) in [4.78, 5) is 28.0. The molecular weight excluding hydrogens is 288 g/mol. The Bertz CT molecular complexity index is 656. The van der Waals surface area contributed by atoms with E-state index in [9.17, 15) is 19.8 Å². The van der Waals surface area contributed by atoms with Crippen molar-refractivity contribution in [1.29, 1.82) is 0 Å². The lowest BCUT2D eigenvalue weighted by Gasteiger charge is -2.07. The Morgan fingerprint density at radius 2 is 1.64 bits per heavy atom. The third kappa shape index (κ3) is 4.02. The van der Waals surface area contributed by atoms with E-state index in [0.29, 0.717) is 10.4 Å². The van der Waals surface area contributed by atoms with Crippen molar-refractivity contribution in [3.8, 4) is 11.8 Å². The van der Waals surface area contributed by atoms with E-state index in [-0.39, 0.29) is 18.7 Å². The van der Waals surface area contributed by atoms with E-state index in [1.54, 1.807) is 12.1 Å². The first-order valence-electron chi connectivity index (χ1n) is 6.63. The summed E-state index contributed by atoms with van der Waals surface area (Å²) in [5.74, 6) is -1.90. The third-order valence-electron chi connectivity index (χ3n) is 2.88. The van der Waals surface area contributed by atoms with E-state index >= 15 is 0 Å². The Balaban J connectivity index is 1.81. The molecule has 0 atom stereocenters. The molecular formula is C15H16N2O5. The third-order valence-corrected chi connectivity index (χ3v) is 2.88. The van der Waals surface area contributed by atoms with Gasteiger partial charge < -0.3 is 20.4 Å². The highest BCUT2D eigenvalue weighted by Crippen LogP contribution is 2.19. The van der Waals surface area contributed by atoms with Crippen LogP contribution in [-0.2, 0) is 9.59 Å². The van der Waals surface area contributed by atoms with Gasteiger partial charge in [0.1, 0.15) is 0 Å². The SMILES string of the molecule is Cc1ccc(NC(=O)CCC(=O)On2c(O)ccc2O)cc1. The first-order valence-corrected chi connectivity index (χ1v) is 6.63. The molecule has 7 nitrogen and oxygen atoms in total. The maximum absolute atomic E-state index is 11.7. The molecule has 1 amide bonds. The molecule has 116 valence electrons. The fourth-order valence-corrected chi connectivity index (χ4v) is 1.72. The van der Waals surface area contributed by atoms with Crippen molar-refractivity contribution in [2.45, 2.75) is 19.8 Å². The number of hydrogen-bond donors (Lipinski definition) is 3. The van der Waals surface area contributed by atoms with Crippen molar-refractivity contribution in [3.05, 3.63) is 42.0 Å². The van der Waals surface area contributed by atoms with Gasteiger partial charge in [-0.2, -0.15) is 0 Å². The Morgan fingerprint density at radius 1 is 1.05 bits per heavy atom. The second-order valence-corrected chi connectivity index (χ2v) is 4.72. The van der Waals surface area contributed by atoms with Crippen molar-refractivity contribution < 1.29 is 24.6 Å².